The predicted molar refractivity (Wildman–Crippen MR) is 112 cm³/mol. The highest BCUT2D eigenvalue weighted by Crippen LogP contribution is 2.30. The van der Waals surface area contributed by atoms with Crippen LogP contribution in [-0.2, 0) is 10.0 Å². The zero-order valence-corrected chi connectivity index (χ0v) is 17.9. The summed E-state index contributed by atoms with van der Waals surface area (Å²) in [5.41, 5.74) is 2.87. The van der Waals surface area contributed by atoms with E-state index in [2.05, 4.69) is 5.32 Å². The van der Waals surface area contributed by atoms with Gasteiger partial charge < -0.3 is 10.1 Å². The lowest BCUT2D eigenvalue weighted by atomic mass is 10.0. The Kier molecular flexibility index (Phi) is 7.21. The zero-order chi connectivity index (χ0) is 20.9. The highest BCUT2D eigenvalue weighted by Gasteiger charge is 2.26. The summed E-state index contributed by atoms with van der Waals surface area (Å²) in [4.78, 5) is 12.8. The Morgan fingerprint density at radius 2 is 1.75 bits per heavy atom. The summed E-state index contributed by atoms with van der Waals surface area (Å²) in [7, 11) is -3.73. The van der Waals surface area contributed by atoms with Crippen LogP contribution in [0.2, 0.25) is 0 Å². The Morgan fingerprint density at radius 3 is 2.36 bits per heavy atom. The van der Waals surface area contributed by atoms with Crippen molar-refractivity contribution >= 4 is 21.6 Å². The van der Waals surface area contributed by atoms with Crippen molar-refractivity contribution in [3.05, 3.63) is 53.1 Å². The molecule has 0 unspecified atom stereocenters. The van der Waals surface area contributed by atoms with Crippen LogP contribution >= 0.6 is 0 Å². The van der Waals surface area contributed by atoms with Gasteiger partial charge in [-0.25, -0.2) is 8.42 Å². The first-order valence-electron chi connectivity index (χ1n) is 9.40. The Balaban J connectivity index is 2.44. The number of amides is 1. The van der Waals surface area contributed by atoms with Crippen molar-refractivity contribution in [1.82, 2.24) is 4.31 Å². The minimum Gasteiger partial charge on any atom is -0.492 e. The molecule has 0 heterocycles. The predicted octanol–water partition coefficient (Wildman–Crippen LogP) is 3.98. The van der Waals surface area contributed by atoms with E-state index in [0.717, 1.165) is 11.1 Å². The number of aryl methyl sites for hydroxylation is 1. The molecule has 0 bridgehead atoms. The normalized spacial score (nSPS) is 11.5. The van der Waals surface area contributed by atoms with Gasteiger partial charge in [-0.1, -0.05) is 26.0 Å². The van der Waals surface area contributed by atoms with Gasteiger partial charge in [0.05, 0.1) is 6.61 Å². The number of benzene rings is 2. The number of carbonyl (C=O) groups is 1. The van der Waals surface area contributed by atoms with Crippen molar-refractivity contribution in [2.24, 2.45) is 0 Å². The standard InChI is InChI=1S/C21H28N2O4S/c1-6-23(7-2)28(25,26)20-14-17(12-13-19(20)27-8-3)22-21(24)18-11-9-10-15(4)16(18)5/h9-14H,6-8H2,1-5H3,(H,22,24). The molecule has 1 N–H and O–H groups in total. The highest BCUT2D eigenvalue weighted by molar-refractivity contribution is 7.89. The summed E-state index contributed by atoms with van der Waals surface area (Å²) in [5, 5.41) is 2.81. The van der Waals surface area contributed by atoms with Gasteiger partial charge in [0.1, 0.15) is 10.6 Å². The van der Waals surface area contributed by atoms with Gasteiger partial charge >= 0.3 is 0 Å². The van der Waals surface area contributed by atoms with E-state index >= 15 is 0 Å². The number of ether oxygens (including phenoxy) is 1. The van der Waals surface area contributed by atoms with Crippen LogP contribution in [0.25, 0.3) is 0 Å². The van der Waals surface area contributed by atoms with Crippen LogP contribution in [0.5, 0.6) is 5.75 Å². The number of nitrogens with zero attached hydrogens (tertiary/aromatic N) is 1. The monoisotopic (exact) mass is 404 g/mol. The molecule has 2 aromatic rings. The van der Waals surface area contributed by atoms with Gasteiger partial charge in [0.15, 0.2) is 0 Å². The molecule has 0 fully saturated rings. The van der Waals surface area contributed by atoms with Gasteiger partial charge in [-0.2, -0.15) is 4.31 Å². The molecule has 0 saturated carbocycles. The Hall–Kier alpha value is -2.38. The van der Waals surface area contributed by atoms with Crippen molar-refractivity contribution in [3.8, 4) is 5.75 Å². The summed E-state index contributed by atoms with van der Waals surface area (Å²) < 4.78 is 32.9. The molecule has 0 atom stereocenters. The summed E-state index contributed by atoms with van der Waals surface area (Å²) in [6, 6.07) is 10.2. The van der Waals surface area contributed by atoms with Crippen molar-refractivity contribution in [2.75, 3.05) is 25.0 Å². The first-order valence-corrected chi connectivity index (χ1v) is 10.8. The minimum absolute atomic E-state index is 0.0526. The number of nitrogens with one attached hydrogen (secondary N) is 1. The van der Waals surface area contributed by atoms with E-state index in [0.29, 0.717) is 30.9 Å². The summed E-state index contributed by atoms with van der Waals surface area (Å²) in [6.07, 6.45) is 0. The van der Waals surface area contributed by atoms with Crippen LogP contribution in [0, 0.1) is 13.8 Å². The van der Waals surface area contributed by atoms with E-state index in [1.54, 1.807) is 39.0 Å². The molecule has 0 spiro atoms. The third-order valence-corrected chi connectivity index (χ3v) is 6.74. The van der Waals surface area contributed by atoms with E-state index in [9.17, 15) is 13.2 Å². The maximum atomic E-state index is 13.0. The second-order valence-corrected chi connectivity index (χ2v) is 8.29. The molecule has 0 aromatic heterocycles. The molecule has 0 saturated heterocycles. The molecular weight excluding hydrogens is 376 g/mol. The topological polar surface area (TPSA) is 75.7 Å². The molecule has 0 aliphatic rings. The van der Waals surface area contributed by atoms with E-state index in [4.69, 9.17) is 4.74 Å². The van der Waals surface area contributed by atoms with Gasteiger partial charge in [-0.05, 0) is 56.2 Å². The highest BCUT2D eigenvalue weighted by atomic mass is 32.2. The molecule has 7 heteroatoms. The average Bonchev–Trinajstić information content (AvgIpc) is 2.66. The fourth-order valence-electron chi connectivity index (χ4n) is 2.96. The van der Waals surface area contributed by atoms with E-state index in [1.807, 2.05) is 26.0 Å². The third-order valence-electron chi connectivity index (χ3n) is 4.67. The summed E-state index contributed by atoms with van der Waals surface area (Å²) in [5.74, 6) is -0.00400. The Morgan fingerprint density at radius 1 is 1.07 bits per heavy atom. The van der Waals surface area contributed by atoms with Crippen LogP contribution in [-0.4, -0.2) is 38.3 Å². The molecule has 0 radical (unpaired) electrons. The second kappa shape index (κ2) is 9.21. The SMILES string of the molecule is CCOc1ccc(NC(=O)c2cccc(C)c2C)cc1S(=O)(=O)N(CC)CC. The van der Waals surface area contributed by atoms with Crippen LogP contribution in [0.1, 0.15) is 42.3 Å². The quantitative estimate of drug-likeness (QED) is 0.722. The van der Waals surface area contributed by atoms with Crippen LogP contribution < -0.4 is 10.1 Å². The molecule has 2 aromatic carbocycles. The third kappa shape index (κ3) is 4.54. The maximum Gasteiger partial charge on any atom is 0.255 e. The number of hydrogen-bond acceptors (Lipinski definition) is 4. The lowest BCUT2D eigenvalue weighted by Gasteiger charge is -2.21. The molecule has 28 heavy (non-hydrogen) atoms. The number of anilines is 1. The van der Waals surface area contributed by atoms with E-state index in [1.165, 1.54) is 10.4 Å². The first kappa shape index (κ1) is 21.9. The molecule has 1 amide bonds. The Labute approximate surface area is 167 Å². The number of sulfonamides is 1. The molecule has 0 aliphatic heterocycles. The molecule has 152 valence electrons. The van der Waals surface area contributed by atoms with E-state index < -0.39 is 10.0 Å². The van der Waals surface area contributed by atoms with Gasteiger partial charge in [0, 0.05) is 24.3 Å². The lowest BCUT2D eigenvalue weighted by Crippen LogP contribution is -2.31. The van der Waals surface area contributed by atoms with Crippen molar-refractivity contribution < 1.29 is 17.9 Å². The van der Waals surface area contributed by atoms with Crippen molar-refractivity contribution in [3.63, 3.8) is 0 Å². The van der Waals surface area contributed by atoms with Gasteiger partial charge in [-0.3, -0.25) is 4.79 Å². The molecule has 2 rings (SSSR count). The fraction of sp³-hybridized carbons (Fsp3) is 0.381. The average molecular weight is 405 g/mol. The van der Waals surface area contributed by atoms with Crippen molar-refractivity contribution in [1.29, 1.82) is 0 Å². The second-order valence-electron chi connectivity index (χ2n) is 6.39. The van der Waals surface area contributed by atoms with Crippen LogP contribution in [0.4, 0.5) is 5.69 Å². The molecule has 6 nitrogen and oxygen atoms in total. The zero-order valence-electron chi connectivity index (χ0n) is 17.1. The van der Waals surface area contributed by atoms with Crippen LogP contribution in [0.15, 0.2) is 41.3 Å². The van der Waals surface area contributed by atoms with Crippen molar-refractivity contribution in [2.45, 2.75) is 39.5 Å². The number of hydrogen-bond donors (Lipinski definition) is 1. The molecular formula is C21H28N2O4S. The van der Waals surface area contributed by atoms with Gasteiger partial charge in [0.25, 0.3) is 5.91 Å². The maximum absolute atomic E-state index is 13.0. The fourth-order valence-corrected chi connectivity index (χ4v) is 4.58. The smallest absolute Gasteiger partial charge is 0.255 e. The number of carbonyl (C=O) groups excluding carboxylic acids is 1. The minimum atomic E-state index is -3.73. The van der Waals surface area contributed by atoms with Crippen LogP contribution in [0.3, 0.4) is 0 Å². The number of rotatable bonds is 8. The molecule has 0 aliphatic carbocycles. The van der Waals surface area contributed by atoms with Gasteiger partial charge in [0.2, 0.25) is 10.0 Å². The Bertz CT molecular complexity index is 951. The lowest BCUT2D eigenvalue weighted by molar-refractivity contribution is 0.102. The summed E-state index contributed by atoms with van der Waals surface area (Å²) in [6.45, 7) is 10.2. The summed E-state index contributed by atoms with van der Waals surface area (Å²) >= 11 is 0. The largest absolute Gasteiger partial charge is 0.492 e. The first-order chi connectivity index (χ1) is 13.3. The van der Waals surface area contributed by atoms with Gasteiger partial charge in [-0.15, -0.1) is 0 Å². The van der Waals surface area contributed by atoms with E-state index in [-0.39, 0.29) is 16.6 Å².